The summed E-state index contributed by atoms with van der Waals surface area (Å²) in [5.41, 5.74) is 1.27. The third kappa shape index (κ3) is 3.13. The molecule has 2 N–H and O–H groups in total. The largest absolute Gasteiger partial charge is 0.497 e. The van der Waals surface area contributed by atoms with Gasteiger partial charge in [0.05, 0.1) is 12.6 Å². The Kier molecular flexibility index (Phi) is 3.85. The monoisotopic (exact) mass is 260 g/mol. The van der Waals surface area contributed by atoms with E-state index in [-0.39, 0.29) is 11.5 Å². The zero-order valence-electron chi connectivity index (χ0n) is 10.9. The van der Waals surface area contributed by atoms with E-state index in [1.165, 1.54) is 6.92 Å². The molecule has 5 heteroatoms. The van der Waals surface area contributed by atoms with Gasteiger partial charge in [-0.1, -0.05) is 0 Å². The number of aromatic nitrogens is 1. The number of aromatic amines is 1. The van der Waals surface area contributed by atoms with Gasteiger partial charge in [0.15, 0.2) is 0 Å². The number of ether oxygens (including phenoxy) is 1. The van der Waals surface area contributed by atoms with Gasteiger partial charge in [-0.2, -0.15) is 0 Å². The number of nitrogens with one attached hydrogen (secondary N) is 2. The molecule has 0 radical (unpaired) electrons. The lowest BCUT2D eigenvalue weighted by molar-refractivity contribution is -0.118. The molecule has 1 heterocycles. The van der Waals surface area contributed by atoms with Crippen molar-refractivity contribution in [2.75, 3.05) is 13.7 Å². The maximum atomic E-state index is 11.9. The van der Waals surface area contributed by atoms with E-state index in [1.54, 1.807) is 13.2 Å². The second-order valence-corrected chi connectivity index (χ2v) is 4.31. The van der Waals surface area contributed by atoms with Crippen LogP contribution in [0, 0.1) is 0 Å². The Morgan fingerprint density at radius 3 is 2.84 bits per heavy atom. The smallest absolute Gasteiger partial charge is 0.251 e. The van der Waals surface area contributed by atoms with E-state index in [0.29, 0.717) is 24.3 Å². The first-order valence-corrected chi connectivity index (χ1v) is 6.04. The van der Waals surface area contributed by atoms with Crippen molar-refractivity contribution < 1.29 is 9.53 Å². The quantitative estimate of drug-likeness (QED) is 0.868. The molecule has 0 aliphatic rings. The molecule has 0 fully saturated rings. The molecule has 0 aliphatic carbocycles. The van der Waals surface area contributed by atoms with E-state index in [1.807, 2.05) is 18.2 Å². The maximum Gasteiger partial charge on any atom is 0.251 e. The van der Waals surface area contributed by atoms with Gasteiger partial charge in [0, 0.05) is 25.1 Å². The Morgan fingerprint density at radius 2 is 2.16 bits per heavy atom. The molecule has 0 saturated heterocycles. The molecule has 1 amide bonds. The third-order valence-corrected chi connectivity index (χ3v) is 2.90. The SMILES string of the molecule is COc1ccc2cc(CCNC(C)=O)c(=O)[nH]c2c1. The van der Waals surface area contributed by atoms with Gasteiger partial charge in [-0.25, -0.2) is 0 Å². The van der Waals surface area contributed by atoms with Crippen LogP contribution in [0.3, 0.4) is 0 Å². The Balaban J connectivity index is 2.29. The normalized spacial score (nSPS) is 10.4. The van der Waals surface area contributed by atoms with Gasteiger partial charge < -0.3 is 15.0 Å². The molecule has 5 nitrogen and oxygen atoms in total. The molecule has 100 valence electrons. The predicted molar refractivity (Wildman–Crippen MR) is 73.5 cm³/mol. The Morgan fingerprint density at radius 1 is 1.37 bits per heavy atom. The van der Waals surface area contributed by atoms with Crippen LogP contribution in [0.2, 0.25) is 0 Å². The number of H-pyrrole nitrogens is 1. The molecule has 2 aromatic rings. The van der Waals surface area contributed by atoms with E-state index in [0.717, 1.165) is 10.9 Å². The van der Waals surface area contributed by atoms with Gasteiger partial charge in [0.1, 0.15) is 5.75 Å². The van der Waals surface area contributed by atoms with Crippen LogP contribution in [-0.2, 0) is 11.2 Å². The average Bonchev–Trinajstić information content (AvgIpc) is 2.38. The highest BCUT2D eigenvalue weighted by molar-refractivity contribution is 5.80. The number of hydrogen-bond acceptors (Lipinski definition) is 3. The minimum absolute atomic E-state index is 0.0954. The van der Waals surface area contributed by atoms with Crippen LogP contribution in [0.1, 0.15) is 12.5 Å². The number of methoxy groups -OCH3 is 1. The molecule has 1 aromatic heterocycles. The standard InChI is InChI=1S/C14H16N2O3/c1-9(17)15-6-5-11-7-10-3-4-12(19-2)8-13(10)16-14(11)18/h3-4,7-8H,5-6H2,1-2H3,(H,15,17)(H,16,18). The Labute approximate surface area is 110 Å². The first-order chi connectivity index (χ1) is 9.10. The Hall–Kier alpha value is -2.30. The van der Waals surface area contributed by atoms with Gasteiger partial charge in [-0.3, -0.25) is 9.59 Å². The van der Waals surface area contributed by atoms with Crippen LogP contribution >= 0.6 is 0 Å². The molecule has 19 heavy (non-hydrogen) atoms. The molecule has 0 aliphatic heterocycles. The van der Waals surface area contributed by atoms with E-state index in [4.69, 9.17) is 4.74 Å². The zero-order valence-corrected chi connectivity index (χ0v) is 10.9. The third-order valence-electron chi connectivity index (χ3n) is 2.90. The minimum atomic E-state index is -0.133. The van der Waals surface area contributed by atoms with Crippen LogP contribution in [0.4, 0.5) is 0 Å². The molecule has 0 atom stereocenters. The second kappa shape index (κ2) is 5.56. The number of pyridine rings is 1. The molecule has 0 unspecified atom stereocenters. The van der Waals surface area contributed by atoms with Gasteiger partial charge in [-0.15, -0.1) is 0 Å². The van der Waals surface area contributed by atoms with E-state index in [9.17, 15) is 9.59 Å². The van der Waals surface area contributed by atoms with Crippen LogP contribution in [0.25, 0.3) is 10.9 Å². The molecular formula is C14H16N2O3. The maximum absolute atomic E-state index is 11.9. The van der Waals surface area contributed by atoms with Crippen molar-refractivity contribution in [2.24, 2.45) is 0 Å². The van der Waals surface area contributed by atoms with E-state index in [2.05, 4.69) is 10.3 Å². The number of hydrogen-bond donors (Lipinski definition) is 2. The van der Waals surface area contributed by atoms with Crippen molar-refractivity contribution >= 4 is 16.8 Å². The van der Waals surface area contributed by atoms with Crippen LogP contribution in [0.15, 0.2) is 29.1 Å². The Bertz CT molecular complexity index is 661. The van der Waals surface area contributed by atoms with Crippen molar-refractivity contribution in [2.45, 2.75) is 13.3 Å². The van der Waals surface area contributed by atoms with Crippen LogP contribution in [0.5, 0.6) is 5.75 Å². The van der Waals surface area contributed by atoms with Gasteiger partial charge in [0.25, 0.3) is 5.56 Å². The average molecular weight is 260 g/mol. The molecule has 0 spiro atoms. The summed E-state index contributed by atoms with van der Waals surface area (Å²) < 4.78 is 5.11. The van der Waals surface area contributed by atoms with Gasteiger partial charge in [0.2, 0.25) is 5.91 Å². The number of amides is 1. The van der Waals surface area contributed by atoms with E-state index < -0.39 is 0 Å². The van der Waals surface area contributed by atoms with E-state index >= 15 is 0 Å². The minimum Gasteiger partial charge on any atom is -0.497 e. The van der Waals surface area contributed by atoms with Crippen molar-refractivity contribution in [1.82, 2.24) is 10.3 Å². The summed E-state index contributed by atoms with van der Waals surface area (Å²) in [7, 11) is 1.58. The summed E-state index contributed by atoms with van der Waals surface area (Å²) in [4.78, 5) is 25.5. The number of benzene rings is 1. The summed E-state index contributed by atoms with van der Waals surface area (Å²) in [6, 6.07) is 7.37. The van der Waals surface area contributed by atoms with Gasteiger partial charge in [-0.05, 0) is 30.0 Å². The number of carbonyl (C=O) groups is 1. The number of fused-ring (bicyclic) bond motifs is 1. The van der Waals surface area contributed by atoms with Crippen LogP contribution in [-0.4, -0.2) is 24.5 Å². The van der Waals surface area contributed by atoms with Crippen LogP contribution < -0.4 is 15.6 Å². The lowest BCUT2D eigenvalue weighted by atomic mass is 10.1. The zero-order chi connectivity index (χ0) is 13.8. The highest BCUT2D eigenvalue weighted by atomic mass is 16.5. The highest BCUT2D eigenvalue weighted by Crippen LogP contribution is 2.18. The fourth-order valence-corrected chi connectivity index (χ4v) is 1.91. The van der Waals surface area contributed by atoms with Crippen molar-refractivity contribution in [3.8, 4) is 5.75 Å². The molecule has 0 saturated carbocycles. The fraction of sp³-hybridized carbons (Fsp3) is 0.286. The summed E-state index contributed by atoms with van der Waals surface area (Å²) >= 11 is 0. The summed E-state index contributed by atoms with van der Waals surface area (Å²) in [5.74, 6) is 0.608. The number of rotatable bonds is 4. The molecule has 0 bridgehead atoms. The first-order valence-electron chi connectivity index (χ1n) is 6.04. The summed E-state index contributed by atoms with van der Waals surface area (Å²) in [5, 5.41) is 3.62. The summed E-state index contributed by atoms with van der Waals surface area (Å²) in [6.45, 7) is 1.91. The molecular weight excluding hydrogens is 244 g/mol. The molecule has 2 rings (SSSR count). The predicted octanol–water partition coefficient (Wildman–Crippen LogP) is 1.22. The fourth-order valence-electron chi connectivity index (χ4n) is 1.91. The van der Waals surface area contributed by atoms with Crippen molar-refractivity contribution in [3.05, 3.63) is 40.2 Å². The van der Waals surface area contributed by atoms with Crippen molar-refractivity contribution in [1.29, 1.82) is 0 Å². The lowest BCUT2D eigenvalue weighted by Crippen LogP contribution is -2.25. The van der Waals surface area contributed by atoms with Crippen molar-refractivity contribution in [3.63, 3.8) is 0 Å². The second-order valence-electron chi connectivity index (χ2n) is 4.31. The van der Waals surface area contributed by atoms with Gasteiger partial charge >= 0.3 is 0 Å². The first kappa shape index (κ1) is 13.1. The molecule has 1 aromatic carbocycles. The summed E-state index contributed by atoms with van der Waals surface area (Å²) in [6.07, 6.45) is 0.511. The number of carbonyl (C=O) groups excluding carboxylic acids is 1. The lowest BCUT2D eigenvalue weighted by Gasteiger charge is -2.05. The topological polar surface area (TPSA) is 71.2 Å². The highest BCUT2D eigenvalue weighted by Gasteiger charge is 2.04.